The summed E-state index contributed by atoms with van der Waals surface area (Å²) in [4.78, 5) is 14.1. The monoisotopic (exact) mass is 298 g/mol. The lowest BCUT2D eigenvalue weighted by molar-refractivity contribution is 0.0977. The SMILES string of the molecule is CCN(C(=S)NC(=O)c1cccc(C)c1)c1ccccc1. The van der Waals surface area contributed by atoms with Gasteiger partial charge in [-0.1, -0.05) is 35.9 Å². The largest absolute Gasteiger partial charge is 0.319 e. The van der Waals surface area contributed by atoms with Crippen molar-refractivity contribution in [2.24, 2.45) is 0 Å². The van der Waals surface area contributed by atoms with Gasteiger partial charge in [0.2, 0.25) is 0 Å². The first-order valence-electron chi connectivity index (χ1n) is 6.86. The molecule has 0 saturated heterocycles. The van der Waals surface area contributed by atoms with Crippen molar-refractivity contribution >= 4 is 28.9 Å². The van der Waals surface area contributed by atoms with Gasteiger partial charge >= 0.3 is 0 Å². The number of rotatable bonds is 3. The van der Waals surface area contributed by atoms with Crippen LogP contribution in [-0.4, -0.2) is 17.6 Å². The maximum absolute atomic E-state index is 12.2. The van der Waals surface area contributed by atoms with Crippen LogP contribution in [0.25, 0.3) is 0 Å². The third-order valence-electron chi connectivity index (χ3n) is 3.13. The highest BCUT2D eigenvalue weighted by Crippen LogP contribution is 2.13. The number of carbonyl (C=O) groups excluding carboxylic acids is 1. The average Bonchev–Trinajstić information content (AvgIpc) is 2.49. The van der Waals surface area contributed by atoms with E-state index in [-0.39, 0.29) is 5.91 Å². The molecule has 0 spiro atoms. The maximum atomic E-state index is 12.2. The Hall–Kier alpha value is -2.20. The number of hydrogen-bond acceptors (Lipinski definition) is 2. The number of thiocarbonyl (C=S) groups is 1. The van der Waals surface area contributed by atoms with Gasteiger partial charge in [0.1, 0.15) is 0 Å². The molecule has 3 nitrogen and oxygen atoms in total. The molecule has 108 valence electrons. The number of hydrogen-bond donors (Lipinski definition) is 1. The lowest BCUT2D eigenvalue weighted by atomic mass is 10.1. The van der Waals surface area contributed by atoms with Crippen molar-refractivity contribution in [3.63, 3.8) is 0 Å². The predicted octanol–water partition coefficient (Wildman–Crippen LogP) is 3.54. The minimum absolute atomic E-state index is 0.182. The van der Waals surface area contributed by atoms with E-state index in [0.717, 1.165) is 11.3 Å². The molecule has 0 unspecified atom stereocenters. The molecule has 0 aliphatic heterocycles. The number of aryl methyl sites for hydroxylation is 1. The first-order chi connectivity index (χ1) is 10.1. The summed E-state index contributed by atoms with van der Waals surface area (Å²) in [5.74, 6) is -0.182. The van der Waals surface area contributed by atoms with Crippen LogP contribution in [0.1, 0.15) is 22.8 Å². The van der Waals surface area contributed by atoms with Crippen LogP contribution in [0.3, 0.4) is 0 Å². The molecule has 0 aliphatic carbocycles. The molecular formula is C17H18N2OS. The normalized spacial score (nSPS) is 10.0. The van der Waals surface area contributed by atoms with Crippen molar-refractivity contribution < 1.29 is 4.79 Å². The Morgan fingerprint density at radius 1 is 1.14 bits per heavy atom. The first-order valence-corrected chi connectivity index (χ1v) is 7.27. The minimum Gasteiger partial charge on any atom is -0.319 e. The fourth-order valence-corrected chi connectivity index (χ4v) is 2.40. The zero-order valence-corrected chi connectivity index (χ0v) is 13.0. The third-order valence-corrected chi connectivity index (χ3v) is 3.45. The average molecular weight is 298 g/mol. The molecule has 1 N–H and O–H groups in total. The van der Waals surface area contributed by atoms with Gasteiger partial charge in [-0.05, 0) is 50.3 Å². The van der Waals surface area contributed by atoms with E-state index in [4.69, 9.17) is 12.2 Å². The van der Waals surface area contributed by atoms with Gasteiger partial charge in [-0.15, -0.1) is 0 Å². The summed E-state index contributed by atoms with van der Waals surface area (Å²) in [5.41, 5.74) is 2.62. The molecule has 0 radical (unpaired) electrons. The lowest BCUT2D eigenvalue weighted by Crippen LogP contribution is -2.42. The fourth-order valence-electron chi connectivity index (χ4n) is 2.07. The van der Waals surface area contributed by atoms with Gasteiger partial charge in [-0.25, -0.2) is 0 Å². The molecule has 4 heteroatoms. The van der Waals surface area contributed by atoms with Crippen molar-refractivity contribution in [3.05, 3.63) is 65.7 Å². The summed E-state index contributed by atoms with van der Waals surface area (Å²) in [7, 11) is 0. The molecule has 0 fully saturated rings. The van der Waals surface area contributed by atoms with Crippen LogP contribution in [0, 0.1) is 6.92 Å². The van der Waals surface area contributed by atoms with Gasteiger partial charge in [0.15, 0.2) is 5.11 Å². The second kappa shape index (κ2) is 6.99. The molecule has 0 saturated carbocycles. The predicted molar refractivity (Wildman–Crippen MR) is 90.7 cm³/mol. The van der Waals surface area contributed by atoms with Crippen molar-refractivity contribution in [1.82, 2.24) is 5.32 Å². The second-order valence-corrected chi connectivity index (χ2v) is 5.10. The highest BCUT2D eigenvalue weighted by Gasteiger charge is 2.14. The second-order valence-electron chi connectivity index (χ2n) is 4.71. The molecule has 0 heterocycles. The number of nitrogens with zero attached hydrogens (tertiary/aromatic N) is 1. The van der Waals surface area contributed by atoms with Crippen molar-refractivity contribution in [2.45, 2.75) is 13.8 Å². The van der Waals surface area contributed by atoms with Crippen LogP contribution in [0.2, 0.25) is 0 Å². The lowest BCUT2D eigenvalue weighted by Gasteiger charge is -2.23. The van der Waals surface area contributed by atoms with E-state index >= 15 is 0 Å². The van der Waals surface area contributed by atoms with Crippen LogP contribution in [0.4, 0.5) is 5.69 Å². The van der Waals surface area contributed by atoms with Crippen molar-refractivity contribution in [3.8, 4) is 0 Å². The summed E-state index contributed by atoms with van der Waals surface area (Å²) in [5, 5.41) is 3.20. The Morgan fingerprint density at radius 3 is 2.48 bits per heavy atom. The van der Waals surface area contributed by atoms with Crippen LogP contribution in [-0.2, 0) is 0 Å². The van der Waals surface area contributed by atoms with Gasteiger partial charge in [-0.3, -0.25) is 10.1 Å². The number of para-hydroxylation sites is 1. The summed E-state index contributed by atoms with van der Waals surface area (Å²) in [6.45, 7) is 4.65. The Bertz CT molecular complexity index is 640. The number of carbonyl (C=O) groups is 1. The number of amides is 1. The molecule has 0 bridgehead atoms. The zero-order chi connectivity index (χ0) is 15.2. The third kappa shape index (κ3) is 3.89. The topological polar surface area (TPSA) is 32.3 Å². The van der Waals surface area contributed by atoms with E-state index in [1.54, 1.807) is 6.07 Å². The Balaban J connectivity index is 2.11. The van der Waals surface area contributed by atoms with Gasteiger partial charge in [0.25, 0.3) is 5.91 Å². The molecule has 2 aromatic rings. The van der Waals surface area contributed by atoms with Crippen LogP contribution < -0.4 is 10.2 Å². The molecule has 0 atom stereocenters. The smallest absolute Gasteiger partial charge is 0.257 e. The van der Waals surface area contributed by atoms with Crippen LogP contribution in [0.15, 0.2) is 54.6 Å². The van der Waals surface area contributed by atoms with E-state index in [0.29, 0.717) is 17.2 Å². The summed E-state index contributed by atoms with van der Waals surface area (Å²) < 4.78 is 0. The summed E-state index contributed by atoms with van der Waals surface area (Å²) in [6.07, 6.45) is 0. The standard InChI is InChI=1S/C17H18N2OS/c1-3-19(15-10-5-4-6-11-15)17(21)18-16(20)14-9-7-8-13(2)12-14/h4-12H,3H2,1-2H3,(H,18,20,21). The highest BCUT2D eigenvalue weighted by atomic mass is 32.1. The number of benzene rings is 2. The fraction of sp³-hybridized carbons (Fsp3) is 0.176. The van der Waals surface area contributed by atoms with Crippen molar-refractivity contribution in [1.29, 1.82) is 0 Å². The van der Waals surface area contributed by atoms with Crippen molar-refractivity contribution in [2.75, 3.05) is 11.4 Å². The molecule has 0 aliphatic rings. The first kappa shape index (κ1) is 15.2. The van der Waals surface area contributed by atoms with E-state index in [1.165, 1.54) is 0 Å². The van der Waals surface area contributed by atoms with E-state index in [1.807, 2.05) is 67.3 Å². The van der Waals surface area contributed by atoms with Gasteiger partial charge in [0.05, 0.1) is 0 Å². The zero-order valence-electron chi connectivity index (χ0n) is 12.2. The molecule has 2 aromatic carbocycles. The number of nitrogens with one attached hydrogen (secondary N) is 1. The molecule has 2 rings (SSSR count). The highest BCUT2D eigenvalue weighted by molar-refractivity contribution is 7.80. The Labute approximate surface area is 130 Å². The molecule has 1 amide bonds. The van der Waals surface area contributed by atoms with Crippen LogP contribution >= 0.6 is 12.2 Å². The summed E-state index contributed by atoms with van der Waals surface area (Å²) >= 11 is 5.36. The quantitative estimate of drug-likeness (QED) is 0.880. The van der Waals surface area contributed by atoms with Gasteiger partial charge in [0, 0.05) is 17.8 Å². The molecule has 21 heavy (non-hydrogen) atoms. The Morgan fingerprint density at radius 2 is 1.86 bits per heavy atom. The van der Waals surface area contributed by atoms with E-state index < -0.39 is 0 Å². The van der Waals surface area contributed by atoms with E-state index in [9.17, 15) is 4.79 Å². The molecule has 0 aromatic heterocycles. The van der Waals surface area contributed by atoms with Gasteiger partial charge < -0.3 is 4.90 Å². The van der Waals surface area contributed by atoms with Crippen LogP contribution in [0.5, 0.6) is 0 Å². The number of anilines is 1. The minimum atomic E-state index is -0.182. The van der Waals surface area contributed by atoms with E-state index in [2.05, 4.69) is 5.32 Å². The maximum Gasteiger partial charge on any atom is 0.257 e. The molecular weight excluding hydrogens is 280 g/mol. The van der Waals surface area contributed by atoms with Gasteiger partial charge in [-0.2, -0.15) is 0 Å². The summed E-state index contributed by atoms with van der Waals surface area (Å²) in [6, 6.07) is 17.2. The Kier molecular flexibility index (Phi) is 5.06.